The molecule has 0 spiro atoms. The van der Waals surface area contributed by atoms with E-state index >= 15 is 0 Å². The number of aryl methyl sites for hydroxylation is 1. The molecule has 2 N–H and O–H groups in total. The number of fused-ring (bicyclic) bond motifs is 1. The highest BCUT2D eigenvalue weighted by Crippen LogP contribution is 2.12. The monoisotopic (exact) mass is 286 g/mol. The first kappa shape index (κ1) is 13.1. The number of aromatic nitrogens is 5. The third-order valence-electron chi connectivity index (χ3n) is 3.01. The molecular weight excluding hydrogens is 272 g/mol. The molecular formula is C13H14N6O2. The van der Waals surface area contributed by atoms with Gasteiger partial charge in [-0.15, -0.1) is 5.10 Å². The lowest BCUT2D eigenvalue weighted by Gasteiger charge is -2.04. The maximum atomic E-state index is 11.9. The molecule has 0 aliphatic carbocycles. The number of hydrogen-bond donors (Lipinski definition) is 2. The summed E-state index contributed by atoms with van der Waals surface area (Å²) in [6.45, 7) is 0.539. The molecule has 0 fully saturated rings. The van der Waals surface area contributed by atoms with Gasteiger partial charge in [-0.25, -0.2) is 10.1 Å². The predicted molar refractivity (Wildman–Crippen MR) is 75.9 cm³/mol. The van der Waals surface area contributed by atoms with E-state index in [0.717, 1.165) is 11.0 Å². The number of imidazole rings is 1. The Bertz CT molecular complexity index is 763. The van der Waals surface area contributed by atoms with Crippen LogP contribution in [0, 0.1) is 0 Å². The Labute approximate surface area is 120 Å². The molecule has 8 nitrogen and oxygen atoms in total. The minimum absolute atomic E-state index is 0.161. The van der Waals surface area contributed by atoms with E-state index in [9.17, 15) is 4.79 Å². The van der Waals surface area contributed by atoms with Crippen molar-refractivity contribution >= 4 is 22.9 Å². The molecule has 2 aromatic heterocycles. The predicted octanol–water partition coefficient (Wildman–Crippen LogP) is 1.19. The van der Waals surface area contributed by atoms with E-state index in [1.54, 1.807) is 6.33 Å². The van der Waals surface area contributed by atoms with Crippen LogP contribution in [0.25, 0.3) is 11.0 Å². The van der Waals surface area contributed by atoms with E-state index in [4.69, 9.17) is 4.74 Å². The largest absolute Gasteiger partial charge is 0.466 e. The number of hydrogen-bond acceptors (Lipinski definition) is 5. The summed E-state index contributed by atoms with van der Waals surface area (Å²) in [5, 5.41) is 8.95. The third-order valence-corrected chi connectivity index (χ3v) is 3.01. The number of methoxy groups -OCH3 is 1. The molecule has 0 saturated carbocycles. The molecule has 0 saturated heterocycles. The van der Waals surface area contributed by atoms with Gasteiger partial charge in [0.25, 0.3) is 0 Å². The summed E-state index contributed by atoms with van der Waals surface area (Å²) in [6, 6.07) is 7.98. The fourth-order valence-electron chi connectivity index (χ4n) is 2.00. The van der Waals surface area contributed by atoms with Crippen molar-refractivity contribution in [2.24, 2.45) is 0 Å². The van der Waals surface area contributed by atoms with E-state index in [1.165, 1.54) is 7.11 Å². The molecule has 3 aromatic rings. The maximum Gasteiger partial charge on any atom is 0.336 e. The Morgan fingerprint density at radius 2 is 2.29 bits per heavy atom. The minimum Gasteiger partial charge on any atom is -0.466 e. The van der Waals surface area contributed by atoms with Crippen molar-refractivity contribution in [1.82, 2.24) is 24.7 Å². The van der Waals surface area contributed by atoms with Crippen LogP contribution in [-0.4, -0.2) is 37.7 Å². The molecule has 8 heteroatoms. The Hall–Kier alpha value is -2.90. The Balaban J connectivity index is 1.60. The molecule has 21 heavy (non-hydrogen) atoms. The molecule has 108 valence electrons. The van der Waals surface area contributed by atoms with E-state index < -0.39 is 0 Å². The summed E-state index contributed by atoms with van der Waals surface area (Å²) in [7, 11) is 1.46. The fraction of sp³-hybridized carbons (Fsp3) is 0.231. The number of amides is 1. The van der Waals surface area contributed by atoms with Crippen molar-refractivity contribution in [2.75, 3.05) is 12.4 Å². The van der Waals surface area contributed by atoms with Gasteiger partial charge in [-0.05, 0) is 12.1 Å². The van der Waals surface area contributed by atoms with Crippen molar-refractivity contribution < 1.29 is 9.53 Å². The first-order chi connectivity index (χ1) is 10.3. The Kier molecular flexibility index (Phi) is 3.50. The van der Waals surface area contributed by atoms with Crippen LogP contribution in [0.1, 0.15) is 6.42 Å². The minimum atomic E-state index is -0.161. The zero-order valence-corrected chi connectivity index (χ0v) is 11.4. The van der Waals surface area contributed by atoms with E-state index in [2.05, 4.69) is 25.5 Å². The molecule has 0 unspecified atom stereocenters. The van der Waals surface area contributed by atoms with Crippen LogP contribution in [0.2, 0.25) is 0 Å². The van der Waals surface area contributed by atoms with Gasteiger partial charge in [0.2, 0.25) is 11.9 Å². The normalized spacial score (nSPS) is 10.7. The number of carbonyl (C=O) groups is 1. The second-order valence-electron chi connectivity index (χ2n) is 4.40. The zero-order chi connectivity index (χ0) is 14.7. The van der Waals surface area contributed by atoms with Crippen LogP contribution >= 0.6 is 0 Å². The van der Waals surface area contributed by atoms with Crippen molar-refractivity contribution in [3.05, 3.63) is 30.6 Å². The summed E-state index contributed by atoms with van der Waals surface area (Å²) in [6.07, 6.45) is 2.04. The maximum absolute atomic E-state index is 11.9. The van der Waals surface area contributed by atoms with Crippen molar-refractivity contribution in [2.45, 2.75) is 13.0 Å². The Morgan fingerprint density at radius 3 is 3.10 bits per heavy atom. The van der Waals surface area contributed by atoms with E-state index in [-0.39, 0.29) is 17.9 Å². The third kappa shape index (κ3) is 2.83. The van der Waals surface area contributed by atoms with Crippen molar-refractivity contribution in [1.29, 1.82) is 0 Å². The van der Waals surface area contributed by atoms with E-state index in [1.807, 2.05) is 28.8 Å². The molecule has 0 radical (unpaired) electrons. The number of nitrogens with zero attached hydrogens (tertiary/aromatic N) is 4. The van der Waals surface area contributed by atoms with Gasteiger partial charge in [0, 0.05) is 13.0 Å². The van der Waals surface area contributed by atoms with E-state index in [0.29, 0.717) is 13.0 Å². The molecule has 1 aromatic carbocycles. The number of benzene rings is 1. The summed E-state index contributed by atoms with van der Waals surface area (Å²) < 4.78 is 6.77. The molecule has 3 rings (SSSR count). The highest BCUT2D eigenvalue weighted by molar-refractivity contribution is 5.89. The van der Waals surface area contributed by atoms with Gasteiger partial charge in [-0.3, -0.25) is 10.1 Å². The summed E-state index contributed by atoms with van der Waals surface area (Å²) in [5.41, 5.74) is 1.92. The number of anilines is 1. The lowest BCUT2D eigenvalue weighted by Crippen LogP contribution is -2.15. The number of ether oxygens (including phenoxy) is 1. The quantitative estimate of drug-likeness (QED) is 0.734. The highest BCUT2D eigenvalue weighted by atomic mass is 16.5. The molecule has 0 bridgehead atoms. The van der Waals surface area contributed by atoms with Gasteiger partial charge >= 0.3 is 6.01 Å². The first-order valence-electron chi connectivity index (χ1n) is 6.42. The highest BCUT2D eigenvalue weighted by Gasteiger charge is 2.08. The van der Waals surface area contributed by atoms with Gasteiger partial charge in [0.15, 0.2) is 0 Å². The summed E-state index contributed by atoms with van der Waals surface area (Å²) in [4.78, 5) is 20.1. The van der Waals surface area contributed by atoms with Gasteiger partial charge in [0.1, 0.15) is 0 Å². The van der Waals surface area contributed by atoms with Gasteiger partial charge in [0.05, 0.1) is 24.5 Å². The second-order valence-corrected chi connectivity index (χ2v) is 4.40. The van der Waals surface area contributed by atoms with Crippen LogP contribution in [0.5, 0.6) is 6.01 Å². The number of para-hydroxylation sites is 2. The molecule has 1 amide bonds. The number of carbonyl (C=O) groups excluding carboxylic acids is 1. The number of H-pyrrole nitrogens is 1. The van der Waals surface area contributed by atoms with Crippen molar-refractivity contribution in [3.63, 3.8) is 0 Å². The molecule has 0 atom stereocenters. The molecule has 0 aliphatic heterocycles. The van der Waals surface area contributed by atoms with Crippen LogP contribution in [-0.2, 0) is 11.3 Å². The topological polar surface area (TPSA) is 97.7 Å². The van der Waals surface area contributed by atoms with Gasteiger partial charge < -0.3 is 9.30 Å². The smallest absolute Gasteiger partial charge is 0.336 e. The van der Waals surface area contributed by atoms with Crippen molar-refractivity contribution in [3.8, 4) is 6.01 Å². The van der Waals surface area contributed by atoms with Crippen LogP contribution in [0.4, 0.5) is 5.95 Å². The number of rotatable bonds is 5. The first-order valence-corrected chi connectivity index (χ1v) is 6.42. The number of aromatic amines is 1. The second kappa shape index (κ2) is 5.61. The van der Waals surface area contributed by atoms with Gasteiger partial charge in [-0.1, -0.05) is 12.1 Å². The van der Waals surface area contributed by atoms with Crippen LogP contribution in [0.15, 0.2) is 30.6 Å². The average Bonchev–Trinajstić information content (AvgIpc) is 3.11. The number of nitrogens with one attached hydrogen (secondary N) is 2. The van der Waals surface area contributed by atoms with Crippen LogP contribution in [0.3, 0.4) is 0 Å². The lowest BCUT2D eigenvalue weighted by atomic mass is 10.3. The van der Waals surface area contributed by atoms with Gasteiger partial charge in [-0.2, -0.15) is 4.98 Å². The standard InChI is InChI=1S/C13H14N6O2/c1-21-13-16-12(17-18-13)15-11(20)6-7-19-8-14-9-4-2-3-5-10(9)19/h2-5,8H,6-7H2,1H3,(H2,15,16,17,18,20). The molecule has 0 aliphatic rings. The zero-order valence-electron chi connectivity index (χ0n) is 11.4. The summed E-state index contributed by atoms with van der Waals surface area (Å²) >= 11 is 0. The Morgan fingerprint density at radius 1 is 1.43 bits per heavy atom. The summed E-state index contributed by atoms with van der Waals surface area (Å²) in [5.74, 6) is 0.110. The fourth-order valence-corrected chi connectivity index (χ4v) is 2.00. The SMILES string of the molecule is COc1n[nH]c(NC(=O)CCn2cnc3ccccc32)n1. The lowest BCUT2D eigenvalue weighted by molar-refractivity contribution is -0.116. The molecule has 2 heterocycles. The average molecular weight is 286 g/mol. The van der Waals surface area contributed by atoms with Crippen LogP contribution < -0.4 is 10.1 Å².